The maximum absolute atomic E-state index is 13.2. The molecule has 0 fully saturated rings. The van der Waals surface area contributed by atoms with E-state index in [0.29, 0.717) is 40.0 Å². The topological polar surface area (TPSA) is 74.1 Å². The van der Waals surface area contributed by atoms with Crippen LogP contribution in [-0.2, 0) is 12.3 Å². The summed E-state index contributed by atoms with van der Waals surface area (Å²) in [4.78, 5) is 22.6. The molecular weight excluding hydrogens is 410 g/mol. The molecule has 0 N–H and O–H groups in total. The highest BCUT2D eigenvalue weighted by atomic mass is 32.2. The minimum atomic E-state index is -0.0913. The number of aryl methyl sites for hydroxylation is 1. The largest absolute Gasteiger partial charge is 0.467 e. The van der Waals surface area contributed by atoms with Gasteiger partial charge in [0.1, 0.15) is 11.5 Å². The third-order valence-electron chi connectivity index (χ3n) is 4.97. The van der Waals surface area contributed by atoms with Gasteiger partial charge < -0.3 is 8.83 Å². The minimum absolute atomic E-state index is 0.0913. The van der Waals surface area contributed by atoms with Crippen LogP contribution in [0.25, 0.3) is 22.4 Å². The summed E-state index contributed by atoms with van der Waals surface area (Å²) in [5, 5.41) is 1.20. The summed E-state index contributed by atoms with van der Waals surface area (Å²) in [5.74, 6) is 2.58. The van der Waals surface area contributed by atoms with Crippen molar-refractivity contribution in [2.24, 2.45) is 0 Å². The molecule has 0 amide bonds. The van der Waals surface area contributed by atoms with Gasteiger partial charge in [-0.1, -0.05) is 42.1 Å². The number of para-hydroxylation sites is 1. The van der Waals surface area contributed by atoms with Crippen molar-refractivity contribution in [2.45, 2.75) is 24.4 Å². The number of hydrogen-bond acceptors (Lipinski definition) is 6. The van der Waals surface area contributed by atoms with Gasteiger partial charge in [0.05, 0.1) is 29.4 Å². The zero-order chi connectivity index (χ0) is 21.2. The lowest BCUT2D eigenvalue weighted by atomic mass is 10.2. The normalized spacial score (nSPS) is 11.3. The lowest BCUT2D eigenvalue weighted by Gasteiger charge is -2.11. The quantitative estimate of drug-likeness (QED) is 0.270. The van der Waals surface area contributed by atoms with Crippen molar-refractivity contribution < 1.29 is 8.83 Å². The Morgan fingerprint density at radius 2 is 1.77 bits per heavy atom. The van der Waals surface area contributed by atoms with E-state index in [0.717, 1.165) is 17.0 Å². The molecule has 5 aromatic rings. The first-order chi connectivity index (χ1) is 15.2. The highest BCUT2D eigenvalue weighted by molar-refractivity contribution is 7.98. The second kappa shape index (κ2) is 8.28. The Kier molecular flexibility index (Phi) is 5.18. The predicted molar refractivity (Wildman–Crippen MR) is 120 cm³/mol. The van der Waals surface area contributed by atoms with Gasteiger partial charge in [0.2, 0.25) is 5.89 Å². The highest BCUT2D eigenvalue weighted by Crippen LogP contribution is 2.27. The lowest BCUT2D eigenvalue weighted by Crippen LogP contribution is -2.23. The van der Waals surface area contributed by atoms with Crippen molar-refractivity contribution in [1.82, 2.24) is 14.5 Å². The van der Waals surface area contributed by atoms with E-state index in [1.165, 1.54) is 11.8 Å². The van der Waals surface area contributed by atoms with E-state index in [1.807, 2.05) is 67.6 Å². The Labute approximate surface area is 182 Å². The maximum atomic E-state index is 13.2. The van der Waals surface area contributed by atoms with Gasteiger partial charge in [-0.3, -0.25) is 9.36 Å². The van der Waals surface area contributed by atoms with E-state index in [9.17, 15) is 4.79 Å². The van der Waals surface area contributed by atoms with Crippen molar-refractivity contribution in [3.63, 3.8) is 0 Å². The second-order valence-electron chi connectivity index (χ2n) is 7.06. The van der Waals surface area contributed by atoms with Gasteiger partial charge in [-0.05, 0) is 43.3 Å². The minimum Gasteiger partial charge on any atom is -0.467 e. The van der Waals surface area contributed by atoms with Crippen LogP contribution in [0.4, 0.5) is 0 Å². The van der Waals surface area contributed by atoms with Gasteiger partial charge >= 0.3 is 0 Å². The average Bonchev–Trinajstić information content (AvgIpc) is 3.45. The molecule has 0 aliphatic heterocycles. The number of aromatic nitrogens is 3. The first-order valence-electron chi connectivity index (χ1n) is 9.85. The van der Waals surface area contributed by atoms with E-state index < -0.39 is 0 Å². The number of oxazole rings is 1. The summed E-state index contributed by atoms with van der Waals surface area (Å²) in [6.07, 6.45) is 1.60. The molecule has 0 atom stereocenters. The molecule has 5 rings (SSSR count). The molecule has 0 aliphatic carbocycles. The van der Waals surface area contributed by atoms with E-state index >= 15 is 0 Å². The molecule has 0 radical (unpaired) electrons. The van der Waals surface area contributed by atoms with Crippen molar-refractivity contribution in [2.75, 3.05) is 0 Å². The van der Waals surface area contributed by atoms with Gasteiger partial charge in [0.15, 0.2) is 5.16 Å². The van der Waals surface area contributed by atoms with Crippen molar-refractivity contribution in [1.29, 1.82) is 0 Å². The Bertz CT molecular complexity index is 1390. The summed E-state index contributed by atoms with van der Waals surface area (Å²) >= 11 is 1.46. The number of thioether (sulfide) groups is 1. The van der Waals surface area contributed by atoms with Crippen LogP contribution in [0.2, 0.25) is 0 Å². The van der Waals surface area contributed by atoms with Crippen LogP contribution >= 0.6 is 11.8 Å². The molecule has 0 saturated heterocycles. The summed E-state index contributed by atoms with van der Waals surface area (Å²) < 4.78 is 13.0. The van der Waals surface area contributed by atoms with Crippen LogP contribution in [-0.4, -0.2) is 14.5 Å². The second-order valence-corrected chi connectivity index (χ2v) is 8.00. The lowest BCUT2D eigenvalue weighted by molar-refractivity contribution is 0.476. The Balaban J connectivity index is 1.49. The Morgan fingerprint density at radius 1 is 0.968 bits per heavy atom. The Morgan fingerprint density at radius 3 is 2.58 bits per heavy atom. The molecule has 6 nitrogen and oxygen atoms in total. The van der Waals surface area contributed by atoms with Gasteiger partial charge in [0, 0.05) is 11.3 Å². The third-order valence-corrected chi connectivity index (χ3v) is 5.96. The number of fused-ring (bicyclic) bond motifs is 1. The number of rotatable bonds is 6. The SMILES string of the molecule is Cc1oc(-c2ccccc2)nc1CSc1nc2ccccc2c(=O)n1Cc1ccco1. The van der Waals surface area contributed by atoms with Gasteiger partial charge in [0.25, 0.3) is 5.56 Å². The molecule has 2 aromatic carbocycles. The first-order valence-corrected chi connectivity index (χ1v) is 10.8. The molecule has 0 saturated carbocycles. The fourth-order valence-electron chi connectivity index (χ4n) is 3.35. The van der Waals surface area contributed by atoms with Crippen LogP contribution in [0.3, 0.4) is 0 Å². The third kappa shape index (κ3) is 3.92. The van der Waals surface area contributed by atoms with Crippen molar-refractivity contribution >= 4 is 22.7 Å². The standard InChI is InChI=1S/C24H19N3O3S/c1-16-21(25-22(30-16)17-8-3-2-4-9-17)15-31-24-26-20-12-6-5-11-19(20)23(28)27(24)14-18-10-7-13-29-18/h2-13H,14-15H2,1H3. The molecule has 7 heteroatoms. The molecule has 3 aromatic heterocycles. The zero-order valence-corrected chi connectivity index (χ0v) is 17.6. The molecular formula is C24H19N3O3S. The number of furan rings is 1. The predicted octanol–water partition coefficient (Wildman–Crippen LogP) is 5.29. The van der Waals surface area contributed by atoms with Crippen molar-refractivity contribution in [3.05, 3.63) is 101 Å². The summed E-state index contributed by atoms with van der Waals surface area (Å²) in [6, 6.07) is 20.8. The van der Waals surface area contributed by atoms with Crippen molar-refractivity contribution in [3.8, 4) is 11.5 Å². The average molecular weight is 430 g/mol. The van der Waals surface area contributed by atoms with E-state index in [2.05, 4.69) is 4.98 Å². The fourth-order valence-corrected chi connectivity index (χ4v) is 4.35. The van der Waals surface area contributed by atoms with E-state index in [4.69, 9.17) is 13.8 Å². The summed E-state index contributed by atoms with van der Waals surface area (Å²) in [6.45, 7) is 2.22. The van der Waals surface area contributed by atoms with Crippen LogP contribution < -0.4 is 5.56 Å². The van der Waals surface area contributed by atoms with E-state index in [-0.39, 0.29) is 5.56 Å². The Hall–Kier alpha value is -3.58. The molecule has 154 valence electrons. The number of hydrogen-bond donors (Lipinski definition) is 0. The van der Waals surface area contributed by atoms with Gasteiger partial charge in [-0.25, -0.2) is 9.97 Å². The first kappa shape index (κ1) is 19.4. The number of nitrogens with zero attached hydrogens (tertiary/aromatic N) is 3. The summed E-state index contributed by atoms with van der Waals surface area (Å²) in [7, 11) is 0. The smallest absolute Gasteiger partial charge is 0.262 e. The summed E-state index contributed by atoms with van der Waals surface area (Å²) in [5.41, 5.74) is 2.34. The molecule has 0 spiro atoms. The molecule has 0 bridgehead atoms. The molecule has 0 aliphatic rings. The van der Waals surface area contributed by atoms with Gasteiger partial charge in [-0.2, -0.15) is 0 Å². The molecule has 31 heavy (non-hydrogen) atoms. The monoisotopic (exact) mass is 429 g/mol. The number of benzene rings is 2. The zero-order valence-electron chi connectivity index (χ0n) is 16.8. The van der Waals surface area contributed by atoms with Crippen LogP contribution in [0.15, 0.2) is 91.8 Å². The van der Waals surface area contributed by atoms with Crippen LogP contribution in [0.5, 0.6) is 0 Å². The highest BCUT2D eigenvalue weighted by Gasteiger charge is 2.16. The fraction of sp³-hybridized carbons (Fsp3) is 0.125. The maximum Gasteiger partial charge on any atom is 0.262 e. The van der Waals surface area contributed by atoms with Crippen LogP contribution in [0.1, 0.15) is 17.2 Å². The van der Waals surface area contributed by atoms with Crippen LogP contribution in [0, 0.1) is 6.92 Å². The molecule has 3 heterocycles. The van der Waals surface area contributed by atoms with Gasteiger partial charge in [-0.15, -0.1) is 0 Å². The molecule has 0 unspecified atom stereocenters. The van der Waals surface area contributed by atoms with E-state index in [1.54, 1.807) is 16.9 Å².